The van der Waals surface area contributed by atoms with Crippen molar-refractivity contribution in [2.75, 3.05) is 6.54 Å². The van der Waals surface area contributed by atoms with Gasteiger partial charge >= 0.3 is 0 Å². The van der Waals surface area contributed by atoms with Crippen molar-refractivity contribution in [3.63, 3.8) is 0 Å². The summed E-state index contributed by atoms with van der Waals surface area (Å²) in [6, 6.07) is 12.0. The van der Waals surface area contributed by atoms with Gasteiger partial charge in [-0.2, -0.15) is 0 Å². The van der Waals surface area contributed by atoms with Crippen molar-refractivity contribution >= 4 is 29.9 Å². The van der Waals surface area contributed by atoms with Crippen LogP contribution in [0, 0.1) is 20.8 Å². The molecule has 0 unspecified atom stereocenters. The van der Waals surface area contributed by atoms with E-state index >= 15 is 0 Å². The molecule has 0 aliphatic heterocycles. The van der Waals surface area contributed by atoms with Gasteiger partial charge in [0.2, 0.25) is 5.89 Å². The number of oxazole rings is 1. The van der Waals surface area contributed by atoms with Gasteiger partial charge in [-0.3, -0.25) is 0 Å². The van der Waals surface area contributed by atoms with Crippen molar-refractivity contribution in [3.8, 4) is 17.2 Å². The fraction of sp³-hybridized carbons (Fsp3) is 0.304. The third kappa shape index (κ3) is 6.22. The number of aromatic hydroxyl groups is 1. The molecule has 3 rings (SSSR count). The molecule has 0 atom stereocenters. The quantitative estimate of drug-likeness (QED) is 0.246. The lowest BCUT2D eigenvalue weighted by molar-refractivity contribution is 0.466. The van der Waals surface area contributed by atoms with Gasteiger partial charge in [0.25, 0.3) is 0 Å². The molecule has 1 heterocycles. The summed E-state index contributed by atoms with van der Waals surface area (Å²) in [4.78, 5) is 9.19. The number of benzene rings is 2. The smallest absolute Gasteiger partial charge is 0.226 e. The third-order valence-corrected chi connectivity index (χ3v) is 4.60. The van der Waals surface area contributed by atoms with E-state index in [4.69, 9.17) is 4.42 Å². The number of nitrogens with zero attached hydrogens (tertiary/aromatic N) is 2. The highest BCUT2D eigenvalue weighted by Crippen LogP contribution is 2.23. The Morgan fingerprint density at radius 2 is 1.73 bits per heavy atom. The predicted octanol–water partition coefficient (Wildman–Crippen LogP) is 4.85. The Kier molecular flexibility index (Phi) is 8.71. The Balaban J connectivity index is 0.00000320. The zero-order chi connectivity index (χ0) is 20.8. The first kappa shape index (κ1) is 23.7. The number of halogens is 1. The van der Waals surface area contributed by atoms with Crippen molar-refractivity contribution in [3.05, 3.63) is 70.6 Å². The summed E-state index contributed by atoms with van der Waals surface area (Å²) < 4.78 is 5.61. The highest BCUT2D eigenvalue weighted by atomic mass is 127. The number of phenolic OH excluding ortho intramolecular Hbond substituents is 1. The zero-order valence-corrected chi connectivity index (χ0v) is 20.2. The highest BCUT2D eigenvalue weighted by molar-refractivity contribution is 14.0. The minimum atomic E-state index is 0. The number of aromatic nitrogens is 1. The summed E-state index contributed by atoms with van der Waals surface area (Å²) in [5.74, 6) is 1.66. The molecule has 0 amide bonds. The molecule has 0 bridgehead atoms. The number of guanidine groups is 1. The van der Waals surface area contributed by atoms with E-state index in [9.17, 15) is 5.11 Å². The van der Waals surface area contributed by atoms with Crippen LogP contribution in [0.5, 0.6) is 5.75 Å². The molecular weight excluding hydrogens is 491 g/mol. The molecule has 3 N–H and O–H groups in total. The van der Waals surface area contributed by atoms with Crippen LogP contribution in [0.15, 0.2) is 52.1 Å². The maximum absolute atomic E-state index is 9.92. The van der Waals surface area contributed by atoms with Gasteiger partial charge in [-0.1, -0.05) is 29.8 Å². The molecule has 1 aromatic heterocycles. The van der Waals surface area contributed by atoms with Gasteiger partial charge in [0.15, 0.2) is 5.96 Å². The number of aliphatic imine (C=N–C) groups is 1. The molecule has 0 saturated carbocycles. The number of nitrogens with one attached hydrogen (secondary N) is 2. The van der Waals surface area contributed by atoms with Crippen molar-refractivity contribution in [2.24, 2.45) is 4.99 Å². The van der Waals surface area contributed by atoms with E-state index in [-0.39, 0.29) is 24.0 Å². The fourth-order valence-corrected chi connectivity index (χ4v) is 3.04. The van der Waals surface area contributed by atoms with Gasteiger partial charge in [0, 0.05) is 12.1 Å². The van der Waals surface area contributed by atoms with E-state index in [1.807, 2.05) is 57.2 Å². The zero-order valence-electron chi connectivity index (χ0n) is 17.8. The molecule has 30 heavy (non-hydrogen) atoms. The van der Waals surface area contributed by atoms with Crippen LogP contribution in [0.4, 0.5) is 0 Å². The summed E-state index contributed by atoms with van der Waals surface area (Å²) in [6.45, 7) is 9.66. The van der Waals surface area contributed by atoms with Crippen LogP contribution in [0.1, 0.15) is 34.9 Å². The van der Waals surface area contributed by atoms with Gasteiger partial charge in [-0.15, -0.1) is 24.0 Å². The van der Waals surface area contributed by atoms with Gasteiger partial charge in [-0.25, -0.2) is 9.98 Å². The summed E-state index contributed by atoms with van der Waals surface area (Å²) in [5.41, 5.74) is 5.74. The lowest BCUT2D eigenvalue weighted by Gasteiger charge is -2.11. The summed E-state index contributed by atoms with van der Waals surface area (Å²) >= 11 is 0. The monoisotopic (exact) mass is 520 g/mol. The van der Waals surface area contributed by atoms with E-state index in [1.54, 1.807) is 6.26 Å². The minimum absolute atomic E-state index is 0. The summed E-state index contributed by atoms with van der Waals surface area (Å²) in [5, 5.41) is 16.5. The number of phenols is 1. The van der Waals surface area contributed by atoms with Gasteiger partial charge in [0.05, 0.1) is 18.8 Å². The molecule has 3 aromatic rings. The molecule has 0 aliphatic carbocycles. The van der Waals surface area contributed by atoms with Gasteiger partial charge < -0.3 is 20.2 Å². The van der Waals surface area contributed by atoms with E-state index < -0.39 is 0 Å². The molecule has 0 radical (unpaired) electrons. The molecule has 0 aliphatic rings. The first-order valence-electron chi connectivity index (χ1n) is 9.79. The van der Waals surface area contributed by atoms with Crippen LogP contribution in [0.3, 0.4) is 0 Å². The Morgan fingerprint density at radius 3 is 2.37 bits per heavy atom. The Morgan fingerprint density at radius 1 is 1.07 bits per heavy atom. The molecule has 2 aromatic carbocycles. The summed E-state index contributed by atoms with van der Waals surface area (Å²) in [7, 11) is 0. The topological polar surface area (TPSA) is 82.7 Å². The number of aryl methyl sites for hydroxylation is 3. The SMILES string of the molecule is CCNC(=NCc1cc(C)c(O)c(C)c1)NCc1coc(-c2ccc(C)cc2)n1.I. The van der Waals surface area contributed by atoms with Crippen LogP contribution in [0.25, 0.3) is 11.5 Å². The minimum Gasteiger partial charge on any atom is -0.507 e. The Labute approximate surface area is 194 Å². The van der Waals surface area contributed by atoms with Gasteiger partial charge in [0.1, 0.15) is 12.0 Å². The molecule has 6 nitrogen and oxygen atoms in total. The highest BCUT2D eigenvalue weighted by Gasteiger charge is 2.08. The average Bonchev–Trinajstić information content (AvgIpc) is 3.17. The number of hydrogen-bond acceptors (Lipinski definition) is 4. The average molecular weight is 520 g/mol. The maximum Gasteiger partial charge on any atom is 0.226 e. The second kappa shape index (κ2) is 11.0. The third-order valence-electron chi connectivity index (χ3n) is 4.60. The van der Waals surface area contributed by atoms with Gasteiger partial charge in [-0.05, 0) is 56.5 Å². The van der Waals surface area contributed by atoms with Crippen LogP contribution in [-0.4, -0.2) is 22.6 Å². The summed E-state index contributed by atoms with van der Waals surface area (Å²) in [6.07, 6.45) is 1.67. The molecule has 0 fully saturated rings. The Hall–Kier alpha value is -2.55. The lowest BCUT2D eigenvalue weighted by Crippen LogP contribution is -2.36. The lowest BCUT2D eigenvalue weighted by atomic mass is 10.1. The van der Waals surface area contributed by atoms with E-state index in [0.29, 0.717) is 30.7 Å². The first-order valence-corrected chi connectivity index (χ1v) is 9.79. The molecule has 7 heteroatoms. The molecular formula is C23H29IN4O2. The number of rotatable bonds is 6. The van der Waals surface area contributed by atoms with Crippen LogP contribution < -0.4 is 10.6 Å². The van der Waals surface area contributed by atoms with Crippen LogP contribution in [-0.2, 0) is 13.1 Å². The number of hydrogen-bond donors (Lipinski definition) is 3. The molecule has 0 spiro atoms. The molecule has 160 valence electrons. The molecule has 0 saturated heterocycles. The standard InChI is InChI=1S/C23H28N4O2.HI/c1-5-24-23(25-12-18-10-16(3)21(28)17(4)11-18)26-13-20-14-29-22(27-20)19-8-6-15(2)7-9-19;/h6-11,14,28H,5,12-13H2,1-4H3,(H2,24,25,26);1H. The van der Waals surface area contributed by atoms with E-state index in [2.05, 4.69) is 27.5 Å². The van der Waals surface area contributed by atoms with Crippen molar-refractivity contribution in [1.82, 2.24) is 15.6 Å². The van der Waals surface area contributed by atoms with Crippen molar-refractivity contribution in [2.45, 2.75) is 40.8 Å². The second-order valence-electron chi connectivity index (χ2n) is 7.14. The van der Waals surface area contributed by atoms with Crippen LogP contribution >= 0.6 is 24.0 Å². The second-order valence-corrected chi connectivity index (χ2v) is 7.14. The van der Waals surface area contributed by atoms with Crippen LogP contribution in [0.2, 0.25) is 0 Å². The van der Waals surface area contributed by atoms with E-state index in [0.717, 1.165) is 34.5 Å². The fourth-order valence-electron chi connectivity index (χ4n) is 3.04. The van der Waals surface area contributed by atoms with Crippen molar-refractivity contribution < 1.29 is 9.52 Å². The Bertz CT molecular complexity index is 974. The maximum atomic E-state index is 9.92. The van der Waals surface area contributed by atoms with Crippen molar-refractivity contribution in [1.29, 1.82) is 0 Å². The first-order chi connectivity index (χ1) is 14.0. The largest absolute Gasteiger partial charge is 0.507 e. The normalized spacial score (nSPS) is 11.1. The predicted molar refractivity (Wildman–Crippen MR) is 131 cm³/mol. The van der Waals surface area contributed by atoms with E-state index in [1.165, 1.54) is 5.56 Å².